The Hall–Kier alpha value is -2.71. The fourth-order valence-corrected chi connectivity index (χ4v) is 4.34. The number of rotatable bonds is 6. The van der Waals surface area contributed by atoms with Crippen LogP contribution in [-0.2, 0) is 11.3 Å². The Morgan fingerprint density at radius 2 is 2.04 bits per heavy atom. The van der Waals surface area contributed by atoms with Crippen LogP contribution < -0.4 is 10.2 Å². The van der Waals surface area contributed by atoms with E-state index < -0.39 is 0 Å². The average molecular weight is 398 g/mol. The number of thiophene rings is 1. The van der Waals surface area contributed by atoms with Crippen LogP contribution in [0.25, 0.3) is 11.1 Å². The fourth-order valence-electron chi connectivity index (χ4n) is 3.19. The molecule has 0 radical (unpaired) electrons. The van der Waals surface area contributed by atoms with Crippen LogP contribution in [0.4, 0.5) is 5.00 Å². The molecule has 8 heteroatoms. The lowest BCUT2D eigenvalue weighted by atomic mass is 10.1. The number of aromatic nitrogens is 3. The van der Waals surface area contributed by atoms with E-state index in [1.165, 1.54) is 11.3 Å². The van der Waals surface area contributed by atoms with Crippen LogP contribution in [0.15, 0.2) is 42.9 Å². The van der Waals surface area contributed by atoms with Gasteiger partial charge in [0, 0.05) is 43.8 Å². The lowest BCUT2D eigenvalue weighted by molar-refractivity contribution is 0.0956. The SMILES string of the molecule is Cc1ccn(CCNC(=O)c2cc(-c3ccncc3)c(N3CCOCC3)s2)n1. The Balaban J connectivity index is 1.51. The number of nitrogens with one attached hydrogen (secondary N) is 1. The van der Waals surface area contributed by atoms with Crippen LogP contribution in [0.5, 0.6) is 0 Å². The summed E-state index contributed by atoms with van der Waals surface area (Å²) in [4.78, 5) is 19.9. The molecule has 0 bridgehead atoms. The molecule has 0 aromatic carbocycles. The zero-order valence-electron chi connectivity index (χ0n) is 15.8. The third-order valence-electron chi connectivity index (χ3n) is 4.63. The Labute approximate surface area is 168 Å². The van der Waals surface area contributed by atoms with E-state index in [-0.39, 0.29) is 5.91 Å². The van der Waals surface area contributed by atoms with Crippen LogP contribution in [0.3, 0.4) is 0 Å². The van der Waals surface area contributed by atoms with Crippen LogP contribution in [-0.4, -0.2) is 53.5 Å². The molecule has 0 aliphatic carbocycles. The highest BCUT2D eigenvalue weighted by Crippen LogP contribution is 2.39. The molecule has 0 saturated carbocycles. The van der Waals surface area contributed by atoms with Crippen LogP contribution in [0, 0.1) is 6.92 Å². The quantitative estimate of drug-likeness (QED) is 0.692. The molecule has 1 amide bonds. The van der Waals surface area contributed by atoms with Crippen molar-refractivity contribution < 1.29 is 9.53 Å². The predicted molar refractivity (Wildman–Crippen MR) is 110 cm³/mol. The molecule has 28 heavy (non-hydrogen) atoms. The van der Waals surface area contributed by atoms with Crippen molar-refractivity contribution in [3.8, 4) is 11.1 Å². The molecular weight excluding hydrogens is 374 g/mol. The first kappa shape index (κ1) is 18.6. The van der Waals surface area contributed by atoms with E-state index in [1.807, 2.05) is 42.1 Å². The van der Waals surface area contributed by atoms with Crippen LogP contribution in [0.2, 0.25) is 0 Å². The highest BCUT2D eigenvalue weighted by atomic mass is 32.1. The van der Waals surface area contributed by atoms with E-state index in [0.717, 1.165) is 34.9 Å². The molecule has 3 aromatic heterocycles. The molecule has 3 aromatic rings. The monoisotopic (exact) mass is 397 g/mol. The van der Waals surface area contributed by atoms with Crippen molar-refractivity contribution in [3.63, 3.8) is 0 Å². The summed E-state index contributed by atoms with van der Waals surface area (Å²) in [5.41, 5.74) is 3.11. The largest absolute Gasteiger partial charge is 0.378 e. The number of amides is 1. The molecule has 4 rings (SSSR count). The number of nitrogens with zero attached hydrogens (tertiary/aromatic N) is 4. The second-order valence-corrected chi connectivity index (χ2v) is 7.67. The zero-order chi connectivity index (χ0) is 19.3. The Morgan fingerprint density at radius 1 is 1.25 bits per heavy atom. The summed E-state index contributed by atoms with van der Waals surface area (Å²) >= 11 is 1.53. The maximum Gasteiger partial charge on any atom is 0.261 e. The summed E-state index contributed by atoms with van der Waals surface area (Å²) < 4.78 is 7.32. The maximum atomic E-state index is 12.7. The van der Waals surface area contributed by atoms with Crippen molar-refractivity contribution in [2.45, 2.75) is 13.5 Å². The van der Waals surface area contributed by atoms with Gasteiger partial charge in [0.25, 0.3) is 5.91 Å². The second kappa shape index (κ2) is 8.53. The molecule has 146 valence electrons. The third-order valence-corrected chi connectivity index (χ3v) is 5.82. The first-order chi connectivity index (χ1) is 13.7. The van der Waals surface area contributed by atoms with Gasteiger partial charge in [-0.1, -0.05) is 0 Å². The normalized spacial score (nSPS) is 14.2. The molecule has 1 saturated heterocycles. The zero-order valence-corrected chi connectivity index (χ0v) is 16.6. The van der Waals surface area contributed by atoms with Crippen molar-refractivity contribution >= 4 is 22.2 Å². The van der Waals surface area contributed by atoms with Crippen molar-refractivity contribution in [1.82, 2.24) is 20.1 Å². The molecule has 0 atom stereocenters. The van der Waals surface area contributed by atoms with Gasteiger partial charge in [-0.2, -0.15) is 5.10 Å². The van der Waals surface area contributed by atoms with Crippen molar-refractivity contribution in [2.24, 2.45) is 0 Å². The van der Waals surface area contributed by atoms with E-state index in [4.69, 9.17) is 4.74 Å². The molecule has 1 aliphatic rings. The van der Waals surface area contributed by atoms with E-state index in [0.29, 0.717) is 31.2 Å². The minimum Gasteiger partial charge on any atom is -0.378 e. The molecule has 4 heterocycles. The molecular formula is C20H23N5O2S. The van der Waals surface area contributed by atoms with Gasteiger partial charge in [0.05, 0.1) is 35.3 Å². The number of aryl methyl sites for hydroxylation is 1. The maximum absolute atomic E-state index is 12.7. The Morgan fingerprint density at radius 3 is 2.75 bits per heavy atom. The van der Waals surface area contributed by atoms with Crippen LogP contribution >= 0.6 is 11.3 Å². The van der Waals surface area contributed by atoms with Crippen LogP contribution in [0.1, 0.15) is 15.4 Å². The van der Waals surface area contributed by atoms with Gasteiger partial charge in [0.2, 0.25) is 0 Å². The van der Waals surface area contributed by atoms with Gasteiger partial charge in [-0.05, 0) is 36.8 Å². The molecule has 7 nitrogen and oxygen atoms in total. The van der Waals surface area contributed by atoms with E-state index in [1.54, 1.807) is 12.4 Å². The Kier molecular flexibility index (Phi) is 5.68. The van der Waals surface area contributed by atoms with Crippen molar-refractivity contribution in [1.29, 1.82) is 0 Å². The first-order valence-corrected chi connectivity index (χ1v) is 10.2. The molecule has 1 fully saturated rings. The Bertz CT molecular complexity index is 931. The minimum atomic E-state index is -0.0521. The number of anilines is 1. The van der Waals surface area contributed by atoms with Gasteiger partial charge in [-0.25, -0.2) is 0 Å². The topological polar surface area (TPSA) is 72.3 Å². The van der Waals surface area contributed by atoms with Gasteiger partial charge in [0.15, 0.2) is 0 Å². The molecule has 1 N–H and O–H groups in total. The summed E-state index contributed by atoms with van der Waals surface area (Å²) in [6.07, 6.45) is 5.48. The highest BCUT2D eigenvalue weighted by molar-refractivity contribution is 7.18. The number of pyridine rings is 1. The van der Waals surface area contributed by atoms with Gasteiger partial charge in [0.1, 0.15) is 0 Å². The van der Waals surface area contributed by atoms with Gasteiger partial charge < -0.3 is 15.0 Å². The summed E-state index contributed by atoms with van der Waals surface area (Å²) in [5.74, 6) is -0.0521. The molecule has 0 unspecified atom stereocenters. The summed E-state index contributed by atoms with van der Waals surface area (Å²) in [6, 6.07) is 7.90. The third kappa shape index (κ3) is 4.23. The number of carbonyl (C=O) groups is 1. The van der Waals surface area contributed by atoms with E-state index in [2.05, 4.69) is 20.3 Å². The first-order valence-electron chi connectivity index (χ1n) is 9.36. The number of morpholine rings is 1. The number of hydrogen-bond acceptors (Lipinski definition) is 6. The number of hydrogen-bond donors (Lipinski definition) is 1. The summed E-state index contributed by atoms with van der Waals surface area (Å²) in [7, 11) is 0. The van der Waals surface area contributed by atoms with Crippen molar-refractivity contribution in [3.05, 3.63) is 53.4 Å². The molecule has 0 spiro atoms. The second-order valence-electron chi connectivity index (χ2n) is 6.64. The highest BCUT2D eigenvalue weighted by Gasteiger charge is 2.21. The van der Waals surface area contributed by atoms with Crippen molar-refractivity contribution in [2.75, 3.05) is 37.7 Å². The van der Waals surface area contributed by atoms with E-state index in [9.17, 15) is 4.79 Å². The number of ether oxygens (including phenoxy) is 1. The summed E-state index contributed by atoms with van der Waals surface area (Å²) in [6.45, 7) is 6.22. The lowest BCUT2D eigenvalue weighted by Gasteiger charge is -2.28. The summed E-state index contributed by atoms with van der Waals surface area (Å²) in [5, 5.41) is 8.46. The predicted octanol–water partition coefficient (Wildman–Crippen LogP) is 2.58. The van der Waals surface area contributed by atoms with E-state index >= 15 is 0 Å². The van der Waals surface area contributed by atoms with Gasteiger partial charge in [-0.3, -0.25) is 14.5 Å². The smallest absolute Gasteiger partial charge is 0.261 e. The van der Waals surface area contributed by atoms with Gasteiger partial charge in [-0.15, -0.1) is 11.3 Å². The lowest BCUT2D eigenvalue weighted by Crippen LogP contribution is -2.35. The number of carbonyl (C=O) groups excluding carboxylic acids is 1. The van der Waals surface area contributed by atoms with Gasteiger partial charge >= 0.3 is 0 Å². The standard InChI is InChI=1S/C20H23N5O2S/c1-15-4-8-25(23-15)9-7-22-19(26)18-14-17(16-2-5-21-6-3-16)20(28-18)24-10-12-27-13-11-24/h2-6,8,14H,7,9-13H2,1H3,(H,22,26). The average Bonchev–Trinajstić information content (AvgIpc) is 3.36. The molecule has 1 aliphatic heterocycles. The minimum absolute atomic E-state index is 0.0521. The fraction of sp³-hybridized carbons (Fsp3) is 0.350.